The van der Waals surface area contributed by atoms with E-state index in [-0.39, 0.29) is 0 Å². The van der Waals surface area contributed by atoms with E-state index in [1.807, 2.05) is 53.9 Å². The first-order chi connectivity index (χ1) is 10.4. The molecule has 102 valence electrons. The predicted octanol–water partition coefficient (Wildman–Crippen LogP) is 4.43. The maximum absolute atomic E-state index is 4.62. The van der Waals surface area contributed by atoms with Gasteiger partial charge in [0.1, 0.15) is 11.4 Å². The molecule has 4 nitrogen and oxygen atoms in total. The summed E-state index contributed by atoms with van der Waals surface area (Å²) in [7, 11) is 0. The first-order valence-electron chi connectivity index (χ1n) is 6.61. The first kappa shape index (κ1) is 12.1. The highest BCUT2D eigenvalue weighted by Gasteiger charge is 2.11. The number of para-hydroxylation sites is 2. The molecule has 2 aromatic carbocycles. The molecule has 0 bridgehead atoms. The number of rotatable bonds is 3. The van der Waals surface area contributed by atoms with Crippen LogP contribution in [0.3, 0.4) is 0 Å². The molecular weight excluding hydrogens is 280 g/mol. The summed E-state index contributed by atoms with van der Waals surface area (Å²) in [5.41, 5.74) is 3.84. The van der Waals surface area contributed by atoms with Gasteiger partial charge in [0.2, 0.25) is 0 Å². The van der Waals surface area contributed by atoms with Gasteiger partial charge in [-0.3, -0.25) is 5.10 Å². The van der Waals surface area contributed by atoms with Crippen molar-refractivity contribution in [2.75, 3.05) is 5.32 Å². The van der Waals surface area contributed by atoms with E-state index in [1.54, 1.807) is 11.3 Å². The Morgan fingerprint density at radius 1 is 0.952 bits per heavy atom. The number of aromatic nitrogens is 3. The van der Waals surface area contributed by atoms with Crippen LogP contribution in [0.15, 0.2) is 60.0 Å². The zero-order chi connectivity index (χ0) is 14.1. The van der Waals surface area contributed by atoms with Crippen molar-refractivity contribution in [1.29, 1.82) is 0 Å². The molecule has 0 radical (unpaired) electrons. The Kier molecular flexibility index (Phi) is 2.90. The summed E-state index contributed by atoms with van der Waals surface area (Å²) in [6.07, 6.45) is 0. The standard InChI is InChI=1S/C16H12N4S/c1-2-6-11(7-3-1)17-16-18-14(10-21-16)15-12-8-4-5-9-13(12)19-20-15/h1-10H,(H,17,18)(H,19,20). The molecule has 0 aliphatic carbocycles. The maximum Gasteiger partial charge on any atom is 0.187 e. The van der Waals surface area contributed by atoms with Crippen LogP contribution < -0.4 is 5.32 Å². The highest BCUT2D eigenvalue weighted by atomic mass is 32.1. The molecule has 0 atom stereocenters. The van der Waals surface area contributed by atoms with Gasteiger partial charge in [-0.05, 0) is 18.2 Å². The smallest absolute Gasteiger partial charge is 0.187 e. The molecule has 0 saturated carbocycles. The molecule has 0 aliphatic heterocycles. The minimum Gasteiger partial charge on any atom is -0.332 e. The van der Waals surface area contributed by atoms with Gasteiger partial charge in [0.05, 0.1) is 5.52 Å². The number of fused-ring (bicyclic) bond motifs is 1. The van der Waals surface area contributed by atoms with Crippen molar-refractivity contribution in [3.63, 3.8) is 0 Å². The molecule has 0 fully saturated rings. The van der Waals surface area contributed by atoms with E-state index in [0.717, 1.165) is 33.1 Å². The molecular formula is C16H12N4S. The van der Waals surface area contributed by atoms with Crippen LogP contribution in [0, 0.1) is 0 Å². The van der Waals surface area contributed by atoms with Crippen LogP contribution in [-0.2, 0) is 0 Å². The van der Waals surface area contributed by atoms with E-state index >= 15 is 0 Å². The van der Waals surface area contributed by atoms with Crippen molar-refractivity contribution >= 4 is 33.1 Å². The molecule has 0 aliphatic rings. The van der Waals surface area contributed by atoms with Gasteiger partial charge in [0, 0.05) is 16.5 Å². The minimum absolute atomic E-state index is 0.864. The molecule has 5 heteroatoms. The summed E-state index contributed by atoms with van der Waals surface area (Å²) in [6, 6.07) is 18.1. The molecule has 0 saturated heterocycles. The molecule has 0 amide bonds. The second-order valence-corrected chi connectivity index (χ2v) is 5.50. The Hall–Kier alpha value is -2.66. The minimum atomic E-state index is 0.864. The second kappa shape index (κ2) is 5.03. The Bertz CT molecular complexity index is 879. The van der Waals surface area contributed by atoms with Crippen molar-refractivity contribution in [3.8, 4) is 11.4 Å². The molecule has 4 aromatic rings. The zero-order valence-electron chi connectivity index (χ0n) is 11.1. The van der Waals surface area contributed by atoms with Gasteiger partial charge in [-0.2, -0.15) is 5.10 Å². The third kappa shape index (κ3) is 2.28. The van der Waals surface area contributed by atoms with Gasteiger partial charge in [0.15, 0.2) is 5.13 Å². The van der Waals surface area contributed by atoms with Gasteiger partial charge in [0.25, 0.3) is 0 Å². The summed E-state index contributed by atoms with van der Waals surface area (Å²) < 4.78 is 0. The molecule has 2 heterocycles. The fraction of sp³-hybridized carbons (Fsp3) is 0. The van der Waals surface area contributed by atoms with E-state index in [9.17, 15) is 0 Å². The van der Waals surface area contributed by atoms with E-state index in [1.165, 1.54) is 0 Å². The number of nitrogens with zero attached hydrogens (tertiary/aromatic N) is 2. The number of nitrogens with one attached hydrogen (secondary N) is 2. The quantitative estimate of drug-likeness (QED) is 0.587. The number of H-pyrrole nitrogens is 1. The molecule has 0 spiro atoms. The van der Waals surface area contributed by atoms with Gasteiger partial charge >= 0.3 is 0 Å². The number of anilines is 2. The van der Waals surface area contributed by atoms with Crippen molar-refractivity contribution in [1.82, 2.24) is 15.2 Å². The highest BCUT2D eigenvalue weighted by molar-refractivity contribution is 7.14. The van der Waals surface area contributed by atoms with Crippen LogP contribution in [-0.4, -0.2) is 15.2 Å². The fourth-order valence-electron chi connectivity index (χ4n) is 2.24. The number of hydrogen-bond acceptors (Lipinski definition) is 4. The van der Waals surface area contributed by atoms with Crippen LogP contribution in [0.25, 0.3) is 22.3 Å². The van der Waals surface area contributed by atoms with E-state index in [0.29, 0.717) is 0 Å². The third-order valence-electron chi connectivity index (χ3n) is 3.24. The zero-order valence-corrected chi connectivity index (χ0v) is 11.9. The summed E-state index contributed by atoms with van der Waals surface area (Å²) >= 11 is 1.58. The Morgan fingerprint density at radius 3 is 2.67 bits per heavy atom. The maximum atomic E-state index is 4.62. The van der Waals surface area contributed by atoms with E-state index in [2.05, 4.69) is 26.6 Å². The van der Waals surface area contributed by atoms with Crippen LogP contribution in [0.1, 0.15) is 0 Å². The van der Waals surface area contributed by atoms with Crippen molar-refractivity contribution in [2.45, 2.75) is 0 Å². The first-order valence-corrected chi connectivity index (χ1v) is 7.49. The largest absolute Gasteiger partial charge is 0.332 e. The van der Waals surface area contributed by atoms with Crippen LogP contribution in [0.2, 0.25) is 0 Å². The van der Waals surface area contributed by atoms with Crippen LogP contribution >= 0.6 is 11.3 Å². The topological polar surface area (TPSA) is 53.6 Å². The average Bonchev–Trinajstić information content (AvgIpc) is 3.14. The number of thiazole rings is 1. The fourth-order valence-corrected chi connectivity index (χ4v) is 2.96. The lowest BCUT2D eigenvalue weighted by Crippen LogP contribution is -1.88. The lowest BCUT2D eigenvalue weighted by atomic mass is 10.2. The van der Waals surface area contributed by atoms with Crippen LogP contribution in [0.5, 0.6) is 0 Å². The number of aromatic amines is 1. The summed E-state index contributed by atoms with van der Waals surface area (Å²) in [5, 5.41) is 14.7. The Morgan fingerprint density at radius 2 is 1.76 bits per heavy atom. The lowest BCUT2D eigenvalue weighted by molar-refractivity contribution is 1.12. The van der Waals surface area contributed by atoms with Gasteiger partial charge < -0.3 is 5.32 Å². The van der Waals surface area contributed by atoms with E-state index in [4.69, 9.17) is 0 Å². The number of benzene rings is 2. The third-order valence-corrected chi connectivity index (χ3v) is 4.00. The van der Waals surface area contributed by atoms with Crippen LogP contribution in [0.4, 0.5) is 10.8 Å². The van der Waals surface area contributed by atoms with Gasteiger partial charge in [-0.25, -0.2) is 4.98 Å². The van der Waals surface area contributed by atoms with Crippen molar-refractivity contribution < 1.29 is 0 Å². The molecule has 4 rings (SSSR count). The second-order valence-electron chi connectivity index (χ2n) is 4.65. The van der Waals surface area contributed by atoms with Crippen molar-refractivity contribution in [2.24, 2.45) is 0 Å². The average molecular weight is 292 g/mol. The van der Waals surface area contributed by atoms with Crippen molar-refractivity contribution in [3.05, 3.63) is 60.0 Å². The number of hydrogen-bond donors (Lipinski definition) is 2. The van der Waals surface area contributed by atoms with E-state index < -0.39 is 0 Å². The molecule has 2 N–H and O–H groups in total. The Labute approximate surface area is 125 Å². The monoisotopic (exact) mass is 292 g/mol. The summed E-state index contributed by atoms with van der Waals surface area (Å²) in [5.74, 6) is 0. The molecule has 0 unspecified atom stereocenters. The van der Waals surface area contributed by atoms with Gasteiger partial charge in [-0.1, -0.05) is 36.4 Å². The molecule has 2 aromatic heterocycles. The summed E-state index contributed by atoms with van der Waals surface area (Å²) in [4.78, 5) is 4.62. The lowest BCUT2D eigenvalue weighted by Gasteiger charge is -2.00. The molecule has 21 heavy (non-hydrogen) atoms. The predicted molar refractivity (Wildman–Crippen MR) is 86.9 cm³/mol. The SMILES string of the molecule is c1ccc(Nc2nc(-c3n[nH]c4ccccc34)cs2)cc1. The normalized spacial score (nSPS) is 10.9. The Balaban J connectivity index is 1.68. The van der Waals surface area contributed by atoms with Gasteiger partial charge in [-0.15, -0.1) is 11.3 Å². The highest BCUT2D eigenvalue weighted by Crippen LogP contribution is 2.30. The summed E-state index contributed by atoms with van der Waals surface area (Å²) in [6.45, 7) is 0.